The summed E-state index contributed by atoms with van der Waals surface area (Å²) in [5.41, 5.74) is 2.13. The first-order valence-corrected chi connectivity index (χ1v) is 8.75. The fourth-order valence-corrected chi connectivity index (χ4v) is 5.32. The monoisotopic (exact) mass is 293 g/mol. The van der Waals surface area contributed by atoms with Crippen molar-refractivity contribution in [2.45, 2.75) is 43.1 Å². The van der Waals surface area contributed by atoms with Gasteiger partial charge < -0.3 is 4.74 Å². The van der Waals surface area contributed by atoms with Crippen molar-refractivity contribution in [2.75, 3.05) is 6.61 Å². The van der Waals surface area contributed by atoms with E-state index in [1.54, 1.807) is 6.20 Å². The Morgan fingerprint density at radius 3 is 2.85 bits per heavy atom. The Bertz CT molecular complexity index is 619. The number of allylic oxidation sites excluding steroid dienone is 1. The topological polar surface area (TPSA) is 56.3 Å². The molecule has 1 fully saturated rings. The number of fused-ring (bicyclic) bond motifs is 2. The average Bonchev–Trinajstić information content (AvgIpc) is 2.39. The molecule has 1 saturated heterocycles. The Labute approximate surface area is 119 Å². The van der Waals surface area contributed by atoms with Crippen LogP contribution < -0.4 is 4.74 Å². The Kier molecular flexibility index (Phi) is 3.54. The van der Waals surface area contributed by atoms with Crippen LogP contribution in [0.3, 0.4) is 0 Å². The number of ether oxygens (including phenoxy) is 1. The molecule has 0 aromatic carbocycles. The first-order valence-electron chi connectivity index (χ1n) is 7.14. The third kappa shape index (κ3) is 2.35. The zero-order chi connectivity index (χ0) is 14.2. The summed E-state index contributed by atoms with van der Waals surface area (Å²) in [6, 6.07) is 3.82. The fourth-order valence-electron chi connectivity index (χ4n) is 3.07. The first kappa shape index (κ1) is 13.6. The second-order valence-corrected chi connectivity index (χ2v) is 7.84. The van der Waals surface area contributed by atoms with E-state index >= 15 is 0 Å². The molecule has 0 radical (unpaired) electrons. The SMILES string of the molecule is CCOc1ccc(C2=CC3CCCC(C2)S3(=O)=O)cn1. The molecule has 5 heteroatoms. The van der Waals surface area contributed by atoms with Gasteiger partial charge in [-0.1, -0.05) is 12.5 Å². The van der Waals surface area contributed by atoms with E-state index in [-0.39, 0.29) is 10.5 Å². The molecule has 2 unspecified atom stereocenters. The van der Waals surface area contributed by atoms with E-state index in [4.69, 9.17) is 4.74 Å². The molecule has 0 amide bonds. The summed E-state index contributed by atoms with van der Waals surface area (Å²) >= 11 is 0. The van der Waals surface area contributed by atoms with Gasteiger partial charge in [-0.15, -0.1) is 0 Å². The van der Waals surface area contributed by atoms with Crippen LogP contribution in [0, 0.1) is 0 Å². The molecule has 0 N–H and O–H groups in total. The second-order valence-electron chi connectivity index (χ2n) is 5.39. The summed E-state index contributed by atoms with van der Waals surface area (Å²) in [4.78, 5) is 4.26. The number of hydrogen-bond acceptors (Lipinski definition) is 4. The largest absolute Gasteiger partial charge is 0.478 e. The standard InChI is InChI=1S/C15H19NO3S/c1-2-19-15-7-6-11(10-16-15)12-8-13-4-3-5-14(9-12)20(13,17)18/h6-8,10,13-14H,2-5,9H2,1H3. The lowest BCUT2D eigenvalue weighted by Gasteiger charge is -2.33. The van der Waals surface area contributed by atoms with Gasteiger partial charge in [0, 0.05) is 12.3 Å². The van der Waals surface area contributed by atoms with E-state index in [1.165, 1.54) is 0 Å². The highest BCUT2D eigenvalue weighted by Gasteiger charge is 2.40. The summed E-state index contributed by atoms with van der Waals surface area (Å²) in [6.45, 7) is 2.52. The van der Waals surface area contributed by atoms with E-state index in [1.807, 2.05) is 25.1 Å². The number of pyridine rings is 1. The van der Waals surface area contributed by atoms with Crippen LogP contribution in [0.15, 0.2) is 24.4 Å². The van der Waals surface area contributed by atoms with Crippen molar-refractivity contribution in [3.05, 3.63) is 30.0 Å². The normalized spacial score (nSPS) is 27.8. The minimum Gasteiger partial charge on any atom is -0.478 e. The number of aromatic nitrogens is 1. The van der Waals surface area contributed by atoms with Gasteiger partial charge in [-0.3, -0.25) is 0 Å². The molecule has 2 aliphatic heterocycles. The highest BCUT2D eigenvalue weighted by Crippen LogP contribution is 2.39. The summed E-state index contributed by atoms with van der Waals surface area (Å²) in [6.07, 6.45) is 6.90. The van der Waals surface area contributed by atoms with Crippen LogP contribution in [0.5, 0.6) is 5.88 Å². The molecule has 2 atom stereocenters. The molecule has 4 nitrogen and oxygen atoms in total. The smallest absolute Gasteiger partial charge is 0.213 e. The maximum absolute atomic E-state index is 12.2. The van der Waals surface area contributed by atoms with Crippen molar-refractivity contribution < 1.29 is 13.2 Å². The van der Waals surface area contributed by atoms with E-state index < -0.39 is 9.84 Å². The van der Waals surface area contributed by atoms with Gasteiger partial charge in [0.25, 0.3) is 0 Å². The van der Waals surface area contributed by atoms with Crippen molar-refractivity contribution in [1.82, 2.24) is 4.98 Å². The van der Waals surface area contributed by atoms with Crippen LogP contribution in [-0.4, -0.2) is 30.5 Å². The molecule has 0 spiro atoms. The number of nitrogens with zero attached hydrogens (tertiary/aromatic N) is 1. The highest BCUT2D eigenvalue weighted by molar-refractivity contribution is 7.93. The van der Waals surface area contributed by atoms with Crippen molar-refractivity contribution in [3.63, 3.8) is 0 Å². The van der Waals surface area contributed by atoms with Crippen molar-refractivity contribution in [3.8, 4) is 5.88 Å². The van der Waals surface area contributed by atoms with Crippen molar-refractivity contribution >= 4 is 15.4 Å². The zero-order valence-electron chi connectivity index (χ0n) is 11.6. The lowest BCUT2D eigenvalue weighted by molar-refractivity contribution is 0.327. The fraction of sp³-hybridized carbons (Fsp3) is 0.533. The van der Waals surface area contributed by atoms with E-state index in [2.05, 4.69) is 4.98 Å². The molecule has 0 saturated carbocycles. The third-order valence-electron chi connectivity index (χ3n) is 4.14. The quantitative estimate of drug-likeness (QED) is 0.859. The maximum Gasteiger partial charge on any atom is 0.213 e. The molecule has 1 aromatic heterocycles. The van der Waals surface area contributed by atoms with Crippen LogP contribution in [0.25, 0.3) is 5.57 Å². The predicted octanol–water partition coefficient (Wildman–Crippen LogP) is 2.60. The van der Waals surface area contributed by atoms with Crippen LogP contribution in [0.4, 0.5) is 0 Å². The molecule has 3 rings (SSSR count). The zero-order valence-corrected chi connectivity index (χ0v) is 12.4. The molecule has 1 aromatic rings. The van der Waals surface area contributed by atoms with Crippen LogP contribution in [-0.2, 0) is 9.84 Å². The van der Waals surface area contributed by atoms with Gasteiger partial charge in [0.2, 0.25) is 5.88 Å². The molecule has 2 aliphatic rings. The summed E-state index contributed by atoms with van der Waals surface area (Å²) in [5.74, 6) is 0.612. The van der Waals surface area contributed by atoms with E-state index in [0.29, 0.717) is 18.9 Å². The van der Waals surface area contributed by atoms with Crippen molar-refractivity contribution in [1.29, 1.82) is 0 Å². The van der Waals surface area contributed by atoms with Crippen LogP contribution in [0.1, 0.15) is 38.2 Å². The molecule has 3 heterocycles. The van der Waals surface area contributed by atoms with Gasteiger partial charge in [-0.25, -0.2) is 13.4 Å². The lowest BCUT2D eigenvalue weighted by Crippen LogP contribution is -2.38. The molecular formula is C15H19NO3S. The summed E-state index contributed by atoms with van der Waals surface area (Å²) < 4.78 is 29.8. The van der Waals surface area contributed by atoms with E-state index in [0.717, 1.165) is 30.4 Å². The van der Waals surface area contributed by atoms with Crippen molar-refractivity contribution in [2.24, 2.45) is 0 Å². The first-order chi connectivity index (χ1) is 9.61. The number of rotatable bonds is 3. The van der Waals surface area contributed by atoms with Crippen LogP contribution in [0.2, 0.25) is 0 Å². The number of hydrogen-bond donors (Lipinski definition) is 0. The second kappa shape index (κ2) is 5.20. The molecule has 0 aliphatic carbocycles. The highest BCUT2D eigenvalue weighted by atomic mass is 32.2. The van der Waals surface area contributed by atoms with Crippen LogP contribution >= 0.6 is 0 Å². The minimum absolute atomic E-state index is 0.201. The Morgan fingerprint density at radius 2 is 2.20 bits per heavy atom. The van der Waals surface area contributed by atoms with E-state index in [9.17, 15) is 8.42 Å². The maximum atomic E-state index is 12.2. The Hall–Kier alpha value is -1.36. The number of sulfone groups is 1. The Morgan fingerprint density at radius 1 is 1.35 bits per heavy atom. The van der Waals surface area contributed by atoms with Gasteiger partial charge in [-0.2, -0.15) is 0 Å². The average molecular weight is 293 g/mol. The molecule has 20 heavy (non-hydrogen) atoms. The predicted molar refractivity (Wildman–Crippen MR) is 78.3 cm³/mol. The van der Waals surface area contributed by atoms with Gasteiger partial charge in [-0.05, 0) is 43.4 Å². The van der Waals surface area contributed by atoms with Gasteiger partial charge in [0.15, 0.2) is 9.84 Å². The molecule has 2 bridgehead atoms. The van der Waals surface area contributed by atoms with Gasteiger partial charge in [0.1, 0.15) is 0 Å². The molecular weight excluding hydrogens is 274 g/mol. The third-order valence-corrected chi connectivity index (χ3v) is 6.68. The summed E-state index contributed by atoms with van der Waals surface area (Å²) in [7, 11) is -2.94. The minimum atomic E-state index is -2.94. The lowest BCUT2D eigenvalue weighted by atomic mass is 9.94. The van der Waals surface area contributed by atoms with Gasteiger partial charge >= 0.3 is 0 Å². The summed E-state index contributed by atoms with van der Waals surface area (Å²) in [5, 5.41) is -0.496. The van der Waals surface area contributed by atoms with Gasteiger partial charge in [0.05, 0.1) is 17.1 Å². The Balaban J connectivity index is 1.89. The molecule has 108 valence electrons.